The molecule has 3 heteroatoms. The molecule has 0 radical (unpaired) electrons. The minimum absolute atomic E-state index is 0.281. The third kappa shape index (κ3) is 4.10. The normalized spacial score (nSPS) is 24.3. The number of halogens is 2. The molecule has 0 aromatic heterocycles. The van der Waals surface area contributed by atoms with Crippen molar-refractivity contribution in [2.45, 2.75) is 52.0 Å². The van der Waals surface area contributed by atoms with Crippen LogP contribution in [0.3, 0.4) is 0 Å². The zero-order valence-corrected chi connectivity index (χ0v) is 12.5. The first-order valence-electron chi connectivity index (χ1n) is 7.28. The first kappa shape index (κ1) is 14.6. The number of anilines is 1. The van der Waals surface area contributed by atoms with Crippen molar-refractivity contribution in [2.75, 3.05) is 5.32 Å². The van der Waals surface area contributed by atoms with E-state index in [2.05, 4.69) is 19.2 Å². The molecule has 2 atom stereocenters. The molecular formula is C16H23ClFN. The second-order valence-electron chi connectivity index (χ2n) is 5.98. The van der Waals surface area contributed by atoms with Gasteiger partial charge in [0.2, 0.25) is 0 Å². The van der Waals surface area contributed by atoms with Crippen molar-refractivity contribution < 1.29 is 4.39 Å². The summed E-state index contributed by atoms with van der Waals surface area (Å²) >= 11 is 6.07. The molecule has 0 bridgehead atoms. The Labute approximate surface area is 120 Å². The Morgan fingerprint density at radius 1 is 1.21 bits per heavy atom. The van der Waals surface area contributed by atoms with Crippen LogP contribution >= 0.6 is 11.6 Å². The van der Waals surface area contributed by atoms with E-state index >= 15 is 0 Å². The topological polar surface area (TPSA) is 12.0 Å². The fraction of sp³-hybridized carbons (Fsp3) is 0.625. The molecule has 0 heterocycles. The maximum atomic E-state index is 13.0. The monoisotopic (exact) mass is 283 g/mol. The van der Waals surface area contributed by atoms with Crippen molar-refractivity contribution in [3.05, 3.63) is 29.0 Å². The van der Waals surface area contributed by atoms with Crippen LogP contribution in [0.5, 0.6) is 0 Å². The van der Waals surface area contributed by atoms with E-state index in [9.17, 15) is 4.39 Å². The molecule has 1 aromatic carbocycles. The fourth-order valence-corrected chi connectivity index (χ4v) is 3.19. The molecular weight excluding hydrogens is 261 g/mol. The SMILES string of the molecule is CC(C)C1CCCC(Nc2ccc(F)cc2Cl)CC1. The van der Waals surface area contributed by atoms with Gasteiger partial charge in [0, 0.05) is 6.04 Å². The predicted octanol–water partition coefficient (Wildman–Crippen LogP) is 5.50. The summed E-state index contributed by atoms with van der Waals surface area (Å²) in [5.41, 5.74) is 0.857. The highest BCUT2D eigenvalue weighted by Gasteiger charge is 2.21. The summed E-state index contributed by atoms with van der Waals surface area (Å²) in [7, 11) is 0. The fourth-order valence-electron chi connectivity index (χ4n) is 2.97. The lowest BCUT2D eigenvalue weighted by Gasteiger charge is -2.20. The molecule has 1 fully saturated rings. The van der Waals surface area contributed by atoms with Gasteiger partial charge in [-0.05, 0) is 49.3 Å². The summed E-state index contributed by atoms with van der Waals surface area (Å²) in [5, 5.41) is 3.95. The van der Waals surface area contributed by atoms with E-state index in [1.54, 1.807) is 6.07 Å². The van der Waals surface area contributed by atoms with Crippen molar-refractivity contribution >= 4 is 17.3 Å². The molecule has 0 saturated heterocycles. The van der Waals surface area contributed by atoms with Crippen LogP contribution in [0.4, 0.5) is 10.1 Å². The highest BCUT2D eigenvalue weighted by Crippen LogP contribution is 2.31. The van der Waals surface area contributed by atoms with Crippen molar-refractivity contribution in [1.82, 2.24) is 0 Å². The number of rotatable bonds is 3. The zero-order valence-electron chi connectivity index (χ0n) is 11.8. The highest BCUT2D eigenvalue weighted by atomic mass is 35.5. The van der Waals surface area contributed by atoms with E-state index < -0.39 is 0 Å². The maximum absolute atomic E-state index is 13.0. The van der Waals surface area contributed by atoms with Gasteiger partial charge in [-0.1, -0.05) is 38.3 Å². The molecule has 1 aromatic rings. The van der Waals surface area contributed by atoms with Crippen LogP contribution in [0, 0.1) is 17.7 Å². The maximum Gasteiger partial charge on any atom is 0.124 e. The summed E-state index contributed by atoms with van der Waals surface area (Å²) in [6.07, 6.45) is 6.22. The molecule has 1 aliphatic carbocycles. The van der Waals surface area contributed by atoms with Crippen LogP contribution in [0.2, 0.25) is 5.02 Å². The summed E-state index contributed by atoms with van der Waals surface area (Å²) in [5.74, 6) is 1.33. The lowest BCUT2D eigenvalue weighted by molar-refractivity contribution is 0.341. The van der Waals surface area contributed by atoms with Crippen molar-refractivity contribution in [3.63, 3.8) is 0 Å². The molecule has 106 valence electrons. The zero-order chi connectivity index (χ0) is 13.8. The summed E-state index contributed by atoms with van der Waals surface area (Å²) in [6, 6.07) is 5.04. The molecule has 1 saturated carbocycles. The van der Waals surface area contributed by atoms with Crippen LogP contribution in [-0.4, -0.2) is 6.04 Å². The van der Waals surface area contributed by atoms with E-state index in [1.165, 1.54) is 44.2 Å². The van der Waals surface area contributed by atoms with Crippen molar-refractivity contribution in [1.29, 1.82) is 0 Å². The molecule has 0 spiro atoms. The molecule has 2 rings (SSSR count). The van der Waals surface area contributed by atoms with Gasteiger partial charge >= 0.3 is 0 Å². The Bertz CT molecular complexity index is 419. The average molecular weight is 284 g/mol. The molecule has 1 N–H and O–H groups in total. The number of benzene rings is 1. The van der Waals surface area contributed by atoms with Gasteiger partial charge in [0.1, 0.15) is 5.82 Å². The third-order valence-electron chi connectivity index (χ3n) is 4.25. The van der Waals surface area contributed by atoms with Crippen molar-refractivity contribution in [2.24, 2.45) is 11.8 Å². The average Bonchev–Trinajstić information content (AvgIpc) is 2.58. The largest absolute Gasteiger partial charge is 0.381 e. The molecule has 0 aliphatic heterocycles. The summed E-state index contributed by atoms with van der Waals surface area (Å²) < 4.78 is 13.0. The Morgan fingerprint density at radius 2 is 2.00 bits per heavy atom. The Kier molecular flexibility index (Phi) is 5.09. The first-order chi connectivity index (χ1) is 9.06. The van der Waals surface area contributed by atoms with Crippen LogP contribution in [0.1, 0.15) is 46.0 Å². The van der Waals surface area contributed by atoms with E-state index in [0.29, 0.717) is 11.1 Å². The second kappa shape index (κ2) is 6.60. The predicted molar refractivity (Wildman–Crippen MR) is 80.2 cm³/mol. The van der Waals surface area contributed by atoms with E-state index in [1.807, 2.05) is 0 Å². The smallest absolute Gasteiger partial charge is 0.124 e. The molecule has 0 amide bonds. The van der Waals surface area contributed by atoms with Crippen LogP contribution in [0.15, 0.2) is 18.2 Å². The minimum Gasteiger partial charge on any atom is -0.381 e. The second-order valence-corrected chi connectivity index (χ2v) is 6.38. The number of hydrogen-bond acceptors (Lipinski definition) is 1. The minimum atomic E-state index is -0.281. The number of hydrogen-bond donors (Lipinski definition) is 1. The van der Waals surface area contributed by atoms with E-state index in [4.69, 9.17) is 11.6 Å². The third-order valence-corrected chi connectivity index (χ3v) is 4.56. The lowest BCUT2D eigenvalue weighted by Crippen LogP contribution is -2.19. The number of nitrogens with one attached hydrogen (secondary N) is 1. The van der Waals surface area contributed by atoms with Gasteiger partial charge in [-0.15, -0.1) is 0 Å². The van der Waals surface area contributed by atoms with Crippen LogP contribution in [-0.2, 0) is 0 Å². The lowest BCUT2D eigenvalue weighted by atomic mass is 9.89. The Balaban J connectivity index is 1.96. The summed E-state index contributed by atoms with van der Waals surface area (Å²) in [4.78, 5) is 0. The van der Waals surface area contributed by atoms with Gasteiger partial charge in [0.15, 0.2) is 0 Å². The van der Waals surface area contributed by atoms with E-state index in [0.717, 1.165) is 17.5 Å². The van der Waals surface area contributed by atoms with Crippen molar-refractivity contribution in [3.8, 4) is 0 Å². The van der Waals surface area contributed by atoms with Crippen LogP contribution < -0.4 is 5.32 Å². The van der Waals surface area contributed by atoms with Gasteiger partial charge in [0.25, 0.3) is 0 Å². The molecule has 19 heavy (non-hydrogen) atoms. The van der Waals surface area contributed by atoms with Gasteiger partial charge < -0.3 is 5.32 Å². The quantitative estimate of drug-likeness (QED) is 0.723. The molecule has 1 nitrogen and oxygen atoms in total. The molecule has 2 unspecified atom stereocenters. The molecule has 1 aliphatic rings. The Morgan fingerprint density at radius 3 is 2.68 bits per heavy atom. The summed E-state index contributed by atoms with van der Waals surface area (Å²) in [6.45, 7) is 4.63. The van der Waals surface area contributed by atoms with Crippen LogP contribution in [0.25, 0.3) is 0 Å². The van der Waals surface area contributed by atoms with Gasteiger partial charge in [0.05, 0.1) is 10.7 Å². The highest BCUT2D eigenvalue weighted by molar-refractivity contribution is 6.33. The Hall–Kier alpha value is -0.760. The van der Waals surface area contributed by atoms with Gasteiger partial charge in [-0.25, -0.2) is 4.39 Å². The van der Waals surface area contributed by atoms with Gasteiger partial charge in [-0.2, -0.15) is 0 Å². The standard InChI is InChI=1S/C16H23ClFN/c1-11(2)12-4-3-5-14(8-6-12)19-16-9-7-13(18)10-15(16)17/h7,9-12,14,19H,3-6,8H2,1-2H3. The van der Waals surface area contributed by atoms with E-state index in [-0.39, 0.29) is 5.82 Å². The van der Waals surface area contributed by atoms with Gasteiger partial charge in [-0.3, -0.25) is 0 Å². The first-order valence-corrected chi connectivity index (χ1v) is 7.65.